The molecule has 0 unspecified atom stereocenters. The average Bonchev–Trinajstić information content (AvgIpc) is 2.19. The lowest BCUT2D eigenvalue weighted by molar-refractivity contribution is -0.135. The Morgan fingerprint density at radius 1 is 1.12 bits per heavy atom. The Hall–Kier alpha value is -1.23. The number of anilines is 1. The molecule has 5 heteroatoms. The number of rotatable bonds is 5. The fraction of sp³-hybridized carbons (Fsp3) is 0.455. The minimum Gasteiger partial charge on any atom is -0.399 e. The Morgan fingerprint density at radius 2 is 1.75 bits per heavy atom. The molecule has 0 atom stereocenters. The Kier molecular flexibility index (Phi) is 4.61. The van der Waals surface area contributed by atoms with E-state index in [1.807, 2.05) is 12.1 Å². The molecule has 16 heavy (non-hydrogen) atoms. The highest BCUT2D eigenvalue weighted by Gasteiger charge is 2.25. The standard InChI is InChI=1S/C11H15F3N2/c12-11(13,14)6-1-7-16-8-9-2-4-10(15)5-3-9/h2-5,16H,1,6-8,15H2. The quantitative estimate of drug-likeness (QED) is 0.605. The summed E-state index contributed by atoms with van der Waals surface area (Å²) in [6.45, 7) is 0.933. The maximum Gasteiger partial charge on any atom is 0.389 e. The second-order valence-corrected chi connectivity index (χ2v) is 3.64. The fourth-order valence-corrected chi connectivity index (χ4v) is 1.28. The molecule has 1 aromatic carbocycles. The zero-order chi connectivity index (χ0) is 12.0. The summed E-state index contributed by atoms with van der Waals surface area (Å²) in [5.74, 6) is 0. The number of nitrogen functional groups attached to an aromatic ring is 1. The molecular formula is C11H15F3N2. The summed E-state index contributed by atoms with van der Waals surface area (Å²) in [4.78, 5) is 0. The number of nitrogens with one attached hydrogen (secondary N) is 1. The van der Waals surface area contributed by atoms with Crippen molar-refractivity contribution in [3.05, 3.63) is 29.8 Å². The van der Waals surface area contributed by atoms with E-state index in [0.717, 1.165) is 5.56 Å². The second kappa shape index (κ2) is 5.75. The minimum absolute atomic E-state index is 0.110. The number of hydrogen-bond donors (Lipinski definition) is 2. The predicted molar refractivity (Wildman–Crippen MR) is 57.9 cm³/mol. The monoisotopic (exact) mass is 232 g/mol. The van der Waals surface area contributed by atoms with Crippen LogP contribution in [0.2, 0.25) is 0 Å². The van der Waals surface area contributed by atoms with Crippen molar-refractivity contribution in [1.82, 2.24) is 5.32 Å². The van der Waals surface area contributed by atoms with Gasteiger partial charge in [-0.05, 0) is 30.7 Å². The first-order chi connectivity index (χ1) is 7.47. The van der Waals surface area contributed by atoms with Gasteiger partial charge >= 0.3 is 6.18 Å². The van der Waals surface area contributed by atoms with Crippen LogP contribution in [0.1, 0.15) is 18.4 Å². The third-order valence-electron chi connectivity index (χ3n) is 2.12. The summed E-state index contributed by atoms with van der Waals surface area (Å²) in [5, 5.41) is 2.95. The van der Waals surface area contributed by atoms with Gasteiger partial charge in [0.2, 0.25) is 0 Å². The summed E-state index contributed by atoms with van der Waals surface area (Å²) in [7, 11) is 0. The van der Waals surface area contributed by atoms with Gasteiger partial charge in [0.15, 0.2) is 0 Å². The highest BCUT2D eigenvalue weighted by atomic mass is 19.4. The van der Waals surface area contributed by atoms with Crippen LogP contribution in [0.5, 0.6) is 0 Å². The maximum atomic E-state index is 11.8. The summed E-state index contributed by atoms with van der Waals surface area (Å²) in [5.41, 5.74) is 7.20. The van der Waals surface area contributed by atoms with Gasteiger partial charge in [0, 0.05) is 18.7 Å². The van der Waals surface area contributed by atoms with Gasteiger partial charge in [-0.25, -0.2) is 0 Å². The van der Waals surface area contributed by atoms with E-state index in [0.29, 0.717) is 18.8 Å². The Labute approximate surface area is 92.6 Å². The van der Waals surface area contributed by atoms with Crippen molar-refractivity contribution in [2.24, 2.45) is 0 Å². The van der Waals surface area contributed by atoms with E-state index < -0.39 is 12.6 Å². The van der Waals surface area contributed by atoms with Crippen molar-refractivity contribution in [2.75, 3.05) is 12.3 Å². The molecule has 2 nitrogen and oxygen atoms in total. The first-order valence-corrected chi connectivity index (χ1v) is 5.09. The highest BCUT2D eigenvalue weighted by molar-refractivity contribution is 5.39. The molecule has 90 valence electrons. The lowest BCUT2D eigenvalue weighted by atomic mass is 10.2. The fourth-order valence-electron chi connectivity index (χ4n) is 1.28. The van der Waals surface area contributed by atoms with Gasteiger partial charge < -0.3 is 11.1 Å². The molecular weight excluding hydrogens is 217 g/mol. The van der Waals surface area contributed by atoms with Crippen LogP contribution in [-0.2, 0) is 6.54 Å². The topological polar surface area (TPSA) is 38.0 Å². The molecule has 0 amide bonds. The summed E-state index contributed by atoms with van der Waals surface area (Å²) >= 11 is 0. The first kappa shape index (κ1) is 12.8. The van der Waals surface area contributed by atoms with E-state index >= 15 is 0 Å². The minimum atomic E-state index is -4.05. The Morgan fingerprint density at radius 3 is 2.31 bits per heavy atom. The zero-order valence-electron chi connectivity index (χ0n) is 8.85. The van der Waals surface area contributed by atoms with Gasteiger partial charge in [-0.1, -0.05) is 12.1 Å². The van der Waals surface area contributed by atoms with Crippen LogP contribution < -0.4 is 11.1 Å². The predicted octanol–water partition coefficient (Wildman–Crippen LogP) is 2.70. The van der Waals surface area contributed by atoms with E-state index in [-0.39, 0.29) is 6.42 Å². The van der Waals surface area contributed by atoms with Crippen molar-refractivity contribution in [3.8, 4) is 0 Å². The van der Waals surface area contributed by atoms with Crippen LogP contribution in [0.4, 0.5) is 18.9 Å². The molecule has 0 aromatic heterocycles. The third kappa shape index (κ3) is 5.60. The van der Waals surface area contributed by atoms with Gasteiger partial charge in [0.1, 0.15) is 0 Å². The smallest absolute Gasteiger partial charge is 0.389 e. The van der Waals surface area contributed by atoms with Gasteiger partial charge in [0.25, 0.3) is 0 Å². The molecule has 0 saturated carbocycles. The molecule has 1 aromatic rings. The maximum absolute atomic E-state index is 11.8. The molecule has 0 bridgehead atoms. The molecule has 0 fully saturated rings. The SMILES string of the molecule is Nc1ccc(CNCCCC(F)(F)F)cc1. The lowest BCUT2D eigenvalue weighted by Gasteiger charge is -2.07. The van der Waals surface area contributed by atoms with Gasteiger partial charge in [0.05, 0.1) is 0 Å². The zero-order valence-corrected chi connectivity index (χ0v) is 8.85. The molecule has 0 aliphatic rings. The van der Waals surface area contributed by atoms with Crippen molar-refractivity contribution >= 4 is 5.69 Å². The molecule has 0 heterocycles. The third-order valence-corrected chi connectivity index (χ3v) is 2.12. The van der Waals surface area contributed by atoms with Crippen molar-refractivity contribution < 1.29 is 13.2 Å². The molecule has 0 aliphatic carbocycles. The van der Waals surface area contributed by atoms with Crippen LogP contribution in [0.15, 0.2) is 24.3 Å². The molecule has 0 radical (unpaired) electrons. The highest BCUT2D eigenvalue weighted by Crippen LogP contribution is 2.20. The molecule has 0 aliphatic heterocycles. The van der Waals surface area contributed by atoms with Crippen molar-refractivity contribution in [1.29, 1.82) is 0 Å². The van der Waals surface area contributed by atoms with Gasteiger partial charge in [-0.15, -0.1) is 0 Å². The number of halogens is 3. The van der Waals surface area contributed by atoms with Crippen LogP contribution in [-0.4, -0.2) is 12.7 Å². The van der Waals surface area contributed by atoms with Crippen molar-refractivity contribution in [2.45, 2.75) is 25.6 Å². The lowest BCUT2D eigenvalue weighted by Crippen LogP contribution is -2.17. The van der Waals surface area contributed by atoms with E-state index in [4.69, 9.17) is 5.73 Å². The van der Waals surface area contributed by atoms with Crippen LogP contribution in [0.3, 0.4) is 0 Å². The van der Waals surface area contributed by atoms with Crippen LogP contribution in [0.25, 0.3) is 0 Å². The van der Waals surface area contributed by atoms with E-state index in [1.165, 1.54) is 0 Å². The molecule has 1 rings (SSSR count). The van der Waals surface area contributed by atoms with Gasteiger partial charge in [-0.3, -0.25) is 0 Å². The largest absolute Gasteiger partial charge is 0.399 e. The Balaban J connectivity index is 2.14. The van der Waals surface area contributed by atoms with E-state index in [9.17, 15) is 13.2 Å². The average molecular weight is 232 g/mol. The summed E-state index contributed by atoms with van der Waals surface area (Å²) < 4.78 is 35.4. The number of benzene rings is 1. The second-order valence-electron chi connectivity index (χ2n) is 3.64. The first-order valence-electron chi connectivity index (χ1n) is 5.09. The molecule has 0 spiro atoms. The number of hydrogen-bond acceptors (Lipinski definition) is 2. The molecule has 3 N–H and O–H groups in total. The van der Waals surface area contributed by atoms with Crippen molar-refractivity contribution in [3.63, 3.8) is 0 Å². The number of nitrogens with two attached hydrogens (primary N) is 1. The summed E-state index contributed by atoms with van der Waals surface area (Å²) in [6.07, 6.45) is -4.68. The van der Waals surface area contributed by atoms with E-state index in [1.54, 1.807) is 12.1 Å². The summed E-state index contributed by atoms with van der Waals surface area (Å²) in [6, 6.07) is 7.25. The number of alkyl halides is 3. The molecule has 0 saturated heterocycles. The van der Waals surface area contributed by atoms with Crippen LogP contribution >= 0.6 is 0 Å². The Bertz CT molecular complexity index is 306. The van der Waals surface area contributed by atoms with Crippen LogP contribution in [0, 0.1) is 0 Å². The van der Waals surface area contributed by atoms with Gasteiger partial charge in [-0.2, -0.15) is 13.2 Å². The normalized spacial score (nSPS) is 11.7. The van der Waals surface area contributed by atoms with E-state index in [2.05, 4.69) is 5.32 Å².